The minimum absolute atomic E-state index is 0.149. The maximum atomic E-state index is 12.7. The van der Waals surface area contributed by atoms with Gasteiger partial charge in [0.2, 0.25) is 0 Å². The first kappa shape index (κ1) is 13.9. The standard InChI is InChI=1S/C16H15N3O3/c17-16(21)18-12-5-3-4-11(10-12)15(20)19-8-9-22-14-7-2-1-6-13(14)19/h1-7,10H,8-9H2,(H3,17,18,21). The van der Waals surface area contributed by atoms with Gasteiger partial charge in [-0.3, -0.25) is 4.79 Å². The summed E-state index contributed by atoms with van der Waals surface area (Å²) >= 11 is 0. The second-order valence-electron chi connectivity index (χ2n) is 4.84. The van der Waals surface area contributed by atoms with Gasteiger partial charge in [-0.1, -0.05) is 18.2 Å². The average Bonchev–Trinajstić information content (AvgIpc) is 2.53. The minimum Gasteiger partial charge on any atom is -0.490 e. The van der Waals surface area contributed by atoms with Gasteiger partial charge in [0.1, 0.15) is 12.4 Å². The van der Waals surface area contributed by atoms with E-state index in [1.54, 1.807) is 29.2 Å². The number of rotatable bonds is 2. The fraction of sp³-hybridized carbons (Fsp3) is 0.125. The molecule has 0 spiro atoms. The Morgan fingerprint density at radius 3 is 2.77 bits per heavy atom. The molecule has 1 aliphatic heterocycles. The number of nitrogens with one attached hydrogen (secondary N) is 1. The smallest absolute Gasteiger partial charge is 0.316 e. The fourth-order valence-electron chi connectivity index (χ4n) is 2.41. The zero-order valence-corrected chi connectivity index (χ0v) is 11.8. The summed E-state index contributed by atoms with van der Waals surface area (Å²) in [5.74, 6) is 0.539. The number of nitrogens with zero attached hydrogens (tertiary/aromatic N) is 1. The molecule has 0 saturated carbocycles. The molecule has 2 aromatic carbocycles. The van der Waals surface area contributed by atoms with Crippen LogP contribution in [0.1, 0.15) is 10.4 Å². The summed E-state index contributed by atoms with van der Waals surface area (Å²) in [6, 6.07) is 13.4. The number of amides is 3. The second-order valence-corrected chi connectivity index (χ2v) is 4.84. The molecule has 22 heavy (non-hydrogen) atoms. The summed E-state index contributed by atoms with van der Waals surface area (Å²) in [7, 11) is 0. The number of hydrogen-bond donors (Lipinski definition) is 2. The van der Waals surface area contributed by atoms with Gasteiger partial charge < -0.3 is 20.7 Å². The molecule has 3 rings (SSSR count). The number of benzene rings is 2. The normalized spacial score (nSPS) is 13.0. The summed E-state index contributed by atoms with van der Waals surface area (Å²) < 4.78 is 5.55. The van der Waals surface area contributed by atoms with Crippen LogP contribution in [0.4, 0.5) is 16.2 Å². The Hall–Kier alpha value is -3.02. The molecule has 3 amide bonds. The fourth-order valence-corrected chi connectivity index (χ4v) is 2.41. The van der Waals surface area contributed by atoms with Gasteiger partial charge in [-0.15, -0.1) is 0 Å². The summed E-state index contributed by atoms with van der Waals surface area (Å²) in [5, 5.41) is 2.47. The summed E-state index contributed by atoms with van der Waals surface area (Å²) in [6.07, 6.45) is 0. The van der Waals surface area contributed by atoms with E-state index in [2.05, 4.69) is 5.32 Å². The van der Waals surface area contributed by atoms with Gasteiger partial charge in [0.05, 0.1) is 12.2 Å². The quantitative estimate of drug-likeness (QED) is 0.891. The van der Waals surface area contributed by atoms with Crippen molar-refractivity contribution in [3.8, 4) is 5.75 Å². The van der Waals surface area contributed by atoms with Crippen molar-refractivity contribution in [2.75, 3.05) is 23.4 Å². The molecule has 0 saturated heterocycles. The van der Waals surface area contributed by atoms with E-state index in [9.17, 15) is 9.59 Å². The molecule has 3 N–H and O–H groups in total. The van der Waals surface area contributed by atoms with Crippen molar-refractivity contribution in [2.45, 2.75) is 0 Å². The number of carbonyl (C=O) groups excluding carboxylic acids is 2. The molecule has 0 unspecified atom stereocenters. The van der Waals surface area contributed by atoms with Crippen molar-refractivity contribution >= 4 is 23.3 Å². The van der Waals surface area contributed by atoms with E-state index in [1.807, 2.05) is 24.3 Å². The molecule has 0 aromatic heterocycles. The summed E-state index contributed by atoms with van der Waals surface area (Å²) in [6.45, 7) is 0.922. The molecule has 0 atom stereocenters. The predicted octanol–water partition coefficient (Wildman–Crippen LogP) is 2.22. The number of ether oxygens (including phenoxy) is 1. The average molecular weight is 297 g/mol. The van der Waals surface area contributed by atoms with Crippen molar-refractivity contribution in [1.29, 1.82) is 0 Å². The molecule has 0 bridgehead atoms. The van der Waals surface area contributed by atoms with E-state index in [0.717, 1.165) is 5.69 Å². The highest BCUT2D eigenvalue weighted by Crippen LogP contribution is 2.32. The lowest BCUT2D eigenvalue weighted by atomic mass is 10.1. The van der Waals surface area contributed by atoms with Gasteiger partial charge in [0.15, 0.2) is 0 Å². The second kappa shape index (κ2) is 5.77. The number of nitrogens with two attached hydrogens (primary N) is 1. The van der Waals surface area contributed by atoms with Crippen molar-refractivity contribution in [3.05, 3.63) is 54.1 Å². The van der Waals surface area contributed by atoms with Gasteiger partial charge in [0.25, 0.3) is 5.91 Å². The van der Waals surface area contributed by atoms with Crippen LogP contribution in [0.2, 0.25) is 0 Å². The van der Waals surface area contributed by atoms with Crippen LogP contribution in [0.5, 0.6) is 5.75 Å². The van der Waals surface area contributed by atoms with Gasteiger partial charge in [0, 0.05) is 11.3 Å². The largest absolute Gasteiger partial charge is 0.490 e. The van der Waals surface area contributed by atoms with Crippen molar-refractivity contribution in [3.63, 3.8) is 0 Å². The van der Waals surface area contributed by atoms with E-state index in [4.69, 9.17) is 10.5 Å². The van der Waals surface area contributed by atoms with E-state index in [-0.39, 0.29) is 5.91 Å². The van der Waals surface area contributed by atoms with E-state index < -0.39 is 6.03 Å². The Morgan fingerprint density at radius 1 is 1.14 bits per heavy atom. The summed E-state index contributed by atoms with van der Waals surface area (Å²) in [4.78, 5) is 25.3. The van der Waals surface area contributed by atoms with Crippen LogP contribution in [-0.2, 0) is 0 Å². The Morgan fingerprint density at radius 2 is 1.95 bits per heavy atom. The van der Waals surface area contributed by atoms with Crippen LogP contribution < -0.4 is 20.7 Å². The SMILES string of the molecule is NC(=O)Nc1cccc(C(=O)N2CCOc3ccccc32)c1. The van der Waals surface area contributed by atoms with E-state index in [1.165, 1.54) is 0 Å². The predicted molar refractivity (Wildman–Crippen MR) is 83.3 cm³/mol. The lowest BCUT2D eigenvalue weighted by Crippen LogP contribution is -2.37. The number of primary amides is 1. The molecule has 0 fully saturated rings. The van der Waals surface area contributed by atoms with Crippen LogP contribution in [0.3, 0.4) is 0 Å². The molecular formula is C16H15N3O3. The maximum Gasteiger partial charge on any atom is 0.316 e. The number of urea groups is 1. The highest BCUT2D eigenvalue weighted by Gasteiger charge is 2.24. The Kier molecular flexibility index (Phi) is 3.65. The van der Waals surface area contributed by atoms with Crippen LogP contribution in [0.25, 0.3) is 0 Å². The van der Waals surface area contributed by atoms with Crippen molar-refractivity contribution in [2.24, 2.45) is 5.73 Å². The first-order valence-corrected chi connectivity index (χ1v) is 6.85. The van der Waals surface area contributed by atoms with Crippen LogP contribution in [0.15, 0.2) is 48.5 Å². The lowest BCUT2D eigenvalue weighted by Gasteiger charge is -2.29. The topological polar surface area (TPSA) is 84.7 Å². The molecule has 0 radical (unpaired) electrons. The van der Waals surface area contributed by atoms with Crippen LogP contribution in [0, 0.1) is 0 Å². The molecule has 0 aliphatic carbocycles. The Balaban J connectivity index is 1.90. The summed E-state index contributed by atoms with van der Waals surface area (Å²) in [5.41, 5.74) is 6.80. The maximum absolute atomic E-state index is 12.7. The van der Waals surface area contributed by atoms with E-state index >= 15 is 0 Å². The highest BCUT2D eigenvalue weighted by atomic mass is 16.5. The zero-order valence-electron chi connectivity index (χ0n) is 11.8. The van der Waals surface area contributed by atoms with Gasteiger partial charge in [-0.2, -0.15) is 0 Å². The minimum atomic E-state index is -0.665. The molecule has 1 aliphatic rings. The van der Waals surface area contributed by atoms with Gasteiger partial charge >= 0.3 is 6.03 Å². The zero-order chi connectivity index (χ0) is 15.5. The number of carbonyl (C=O) groups is 2. The number of anilines is 2. The number of para-hydroxylation sites is 2. The molecule has 112 valence electrons. The Labute approximate surface area is 127 Å². The van der Waals surface area contributed by atoms with E-state index in [0.29, 0.717) is 30.2 Å². The van der Waals surface area contributed by atoms with Gasteiger partial charge in [-0.25, -0.2) is 4.79 Å². The van der Waals surface area contributed by atoms with Crippen LogP contribution in [-0.4, -0.2) is 25.1 Å². The third-order valence-corrected chi connectivity index (χ3v) is 3.35. The number of fused-ring (bicyclic) bond motifs is 1. The molecule has 6 heteroatoms. The first-order valence-electron chi connectivity index (χ1n) is 6.85. The Bertz CT molecular complexity index is 730. The molecule has 2 aromatic rings. The lowest BCUT2D eigenvalue weighted by molar-refractivity contribution is 0.0976. The van der Waals surface area contributed by atoms with Crippen molar-refractivity contribution < 1.29 is 14.3 Å². The van der Waals surface area contributed by atoms with Crippen molar-refractivity contribution in [1.82, 2.24) is 0 Å². The molecule has 1 heterocycles. The molecule has 6 nitrogen and oxygen atoms in total. The van der Waals surface area contributed by atoms with Crippen LogP contribution >= 0.6 is 0 Å². The third kappa shape index (κ3) is 2.71. The highest BCUT2D eigenvalue weighted by molar-refractivity contribution is 6.07. The molecular weight excluding hydrogens is 282 g/mol. The van der Waals surface area contributed by atoms with Gasteiger partial charge in [-0.05, 0) is 30.3 Å². The number of hydrogen-bond acceptors (Lipinski definition) is 3. The first-order chi connectivity index (χ1) is 10.6. The third-order valence-electron chi connectivity index (χ3n) is 3.35. The monoisotopic (exact) mass is 297 g/mol.